The fourth-order valence-electron chi connectivity index (χ4n) is 1.47. The average Bonchev–Trinajstić information content (AvgIpc) is 2.41. The SMILES string of the molecule is COC(CNC(=O)Nc1ccc(Cl)cc1C(F)(F)F)OC. The van der Waals surface area contributed by atoms with E-state index in [9.17, 15) is 18.0 Å². The Kier molecular flexibility index (Phi) is 6.25. The number of hydrogen-bond acceptors (Lipinski definition) is 3. The van der Waals surface area contributed by atoms with Crippen LogP contribution in [0.15, 0.2) is 18.2 Å². The molecule has 0 saturated heterocycles. The quantitative estimate of drug-likeness (QED) is 0.817. The first-order valence-electron chi connectivity index (χ1n) is 5.75. The minimum atomic E-state index is -4.63. The molecule has 9 heteroatoms. The Bertz CT molecular complexity index is 493. The number of rotatable bonds is 5. The van der Waals surface area contributed by atoms with E-state index in [2.05, 4.69) is 10.6 Å². The number of hydrogen-bond donors (Lipinski definition) is 2. The first-order valence-corrected chi connectivity index (χ1v) is 6.13. The highest BCUT2D eigenvalue weighted by Crippen LogP contribution is 2.36. The van der Waals surface area contributed by atoms with Gasteiger partial charge in [-0.1, -0.05) is 11.6 Å². The maximum absolute atomic E-state index is 12.8. The van der Waals surface area contributed by atoms with E-state index in [-0.39, 0.29) is 11.6 Å². The Morgan fingerprint density at radius 3 is 2.48 bits per heavy atom. The van der Waals surface area contributed by atoms with Crippen molar-refractivity contribution >= 4 is 23.3 Å². The molecule has 1 aromatic carbocycles. The zero-order chi connectivity index (χ0) is 16.0. The van der Waals surface area contributed by atoms with Crippen molar-refractivity contribution < 1.29 is 27.4 Å². The Morgan fingerprint density at radius 2 is 1.95 bits per heavy atom. The number of carbonyl (C=O) groups excluding carboxylic acids is 1. The number of alkyl halides is 3. The van der Waals surface area contributed by atoms with E-state index in [4.69, 9.17) is 21.1 Å². The van der Waals surface area contributed by atoms with Gasteiger partial charge in [-0.05, 0) is 18.2 Å². The molecule has 2 N–H and O–H groups in total. The minimum absolute atomic E-state index is 0.0201. The molecule has 0 heterocycles. The van der Waals surface area contributed by atoms with Crippen molar-refractivity contribution in [1.82, 2.24) is 5.32 Å². The second-order valence-electron chi connectivity index (χ2n) is 3.92. The van der Waals surface area contributed by atoms with E-state index in [1.165, 1.54) is 20.3 Å². The zero-order valence-electron chi connectivity index (χ0n) is 11.3. The Hall–Kier alpha value is -1.51. The molecule has 0 bridgehead atoms. The summed E-state index contributed by atoms with van der Waals surface area (Å²) in [5, 5.41) is 4.36. The summed E-state index contributed by atoms with van der Waals surface area (Å²) >= 11 is 5.54. The van der Waals surface area contributed by atoms with Gasteiger partial charge in [-0.2, -0.15) is 13.2 Å². The third-order valence-corrected chi connectivity index (χ3v) is 2.73. The fraction of sp³-hybridized carbons (Fsp3) is 0.417. The van der Waals surface area contributed by atoms with Crippen LogP contribution in [0.2, 0.25) is 5.02 Å². The van der Waals surface area contributed by atoms with Crippen molar-refractivity contribution in [3.63, 3.8) is 0 Å². The lowest BCUT2D eigenvalue weighted by Gasteiger charge is -2.16. The third-order valence-electron chi connectivity index (χ3n) is 2.49. The van der Waals surface area contributed by atoms with Gasteiger partial charge in [0.1, 0.15) is 0 Å². The molecule has 0 aromatic heterocycles. The molecule has 118 valence electrons. The molecule has 0 atom stereocenters. The molecular weight excluding hydrogens is 313 g/mol. The van der Waals surface area contributed by atoms with Gasteiger partial charge in [-0.15, -0.1) is 0 Å². The van der Waals surface area contributed by atoms with Crippen molar-refractivity contribution in [3.05, 3.63) is 28.8 Å². The molecular formula is C12H14ClF3N2O3. The van der Waals surface area contributed by atoms with Gasteiger partial charge in [0.25, 0.3) is 0 Å². The summed E-state index contributed by atoms with van der Waals surface area (Å²) in [6.07, 6.45) is -5.32. The molecule has 0 fully saturated rings. The number of amides is 2. The van der Waals surface area contributed by atoms with Crippen LogP contribution in [-0.2, 0) is 15.7 Å². The number of anilines is 1. The summed E-state index contributed by atoms with van der Waals surface area (Å²) in [6, 6.07) is 2.25. The van der Waals surface area contributed by atoms with Gasteiger partial charge < -0.3 is 20.1 Å². The second kappa shape index (κ2) is 7.48. The van der Waals surface area contributed by atoms with Crippen LogP contribution in [0.1, 0.15) is 5.56 Å². The molecule has 0 aliphatic rings. The van der Waals surface area contributed by atoms with Crippen LogP contribution in [0.5, 0.6) is 0 Å². The van der Waals surface area contributed by atoms with Crippen LogP contribution in [0.3, 0.4) is 0 Å². The summed E-state index contributed by atoms with van der Waals surface area (Å²) < 4.78 is 48.2. The summed E-state index contributed by atoms with van der Waals surface area (Å²) in [5.74, 6) is 0. The van der Waals surface area contributed by atoms with Crippen molar-refractivity contribution in [2.45, 2.75) is 12.5 Å². The smallest absolute Gasteiger partial charge is 0.354 e. The predicted molar refractivity (Wildman–Crippen MR) is 71.3 cm³/mol. The first-order chi connectivity index (χ1) is 9.77. The van der Waals surface area contributed by atoms with Crippen molar-refractivity contribution in [1.29, 1.82) is 0 Å². The van der Waals surface area contributed by atoms with Gasteiger partial charge in [-0.3, -0.25) is 0 Å². The van der Waals surface area contributed by atoms with Crippen molar-refractivity contribution in [3.8, 4) is 0 Å². The Labute approximate surface area is 124 Å². The summed E-state index contributed by atoms with van der Waals surface area (Å²) in [6.45, 7) is -0.0201. The van der Waals surface area contributed by atoms with Gasteiger partial charge in [-0.25, -0.2) is 4.79 Å². The number of ether oxygens (including phenoxy) is 2. The summed E-state index contributed by atoms with van der Waals surface area (Å²) in [7, 11) is 2.74. The Morgan fingerprint density at radius 1 is 1.33 bits per heavy atom. The maximum atomic E-state index is 12.8. The predicted octanol–water partition coefficient (Wildman–Crippen LogP) is 3.10. The highest BCUT2D eigenvalue weighted by Gasteiger charge is 2.34. The van der Waals surface area contributed by atoms with Crippen LogP contribution in [0, 0.1) is 0 Å². The standard InChI is InChI=1S/C12H14ClF3N2O3/c1-20-10(21-2)6-17-11(19)18-9-4-3-7(13)5-8(9)12(14,15)16/h3-5,10H,6H2,1-2H3,(H2,17,18,19). The third kappa shape index (κ3) is 5.41. The van der Waals surface area contributed by atoms with E-state index < -0.39 is 29.7 Å². The molecule has 0 saturated carbocycles. The van der Waals surface area contributed by atoms with Crippen LogP contribution < -0.4 is 10.6 Å². The fourth-order valence-corrected chi connectivity index (χ4v) is 1.64. The highest BCUT2D eigenvalue weighted by molar-refractivity contribution is 6.30. The van der Waals surface area contributed by atoms with E-state index in [1.54, 1.807) is 0 Å². The van der Waals surface area contributed by atoms with E-state index in [0.717, 1.165) is 12.1 Å². The zero-order valence-corrected chi connectivity index (χ0v) is 12.0. The lowest BCUT2D eigenvalue weighted by molar-refractivity contribution is -0.136. The molecule has 0 unspecified atom stereocenters. The number of urea groups is 1. The molecule has 0 aliphatic heterocycles. The second-order valence-corrected chi connectivity index (χ2v) is 4.36. The lowest BCUT2D eigenvalue weighted by atomic mass is 10.1. The van der Waals surface area contributed by atoms with Crippen molar-refractivity contribution in [2.75, 3.05) is 26.1 Å². The topological polar surface area (TPSA) is 59.6 Å². The number of benzene rings is 1. The van der Waals surface area contributed by atoms with Gasteiger partial charge in [0.05, 0.1) is 17.8 Å². The molecule has 0 radical (unpaired) electrons. The summed E-state index contributed by atoms with van der Waals surface area (Å²) in [5.41, 5.74) is -1.42. The van der Waals surface area contributed by atoms with Crippen LogP contribution in [-0.4, -0.2) is 33.1 Å². The molecule has 21 heavy (non-hydrogen) atoms. The highest BCUT2D eigenvalue weighted by atomic mass is 35.5. The van der Waals surface area contributed by atoms with E-state index >= 15 is 0 Å². The van der Waals surface area contributed by atoms with Crippen LogP contribution in [0.25, 0.3) is 0 Å². The van der Waals surface area contributed by atoms with Crippen molar-refractivity contribution in [2.24, 2.45) is 0 Å². The monoisotopic (exact) mass is 326 g/mol. The Balaban J connectivity index is 2.77. The molecule has 5 nitrogen and oxygen atoms in total. The number of nitrogens with one attached hydrogen (secondary N) is 2. The number of methoxy groups -OCH3 is 2. The molecule has 0 aliphatic carbocycles. The van der Waals surface area contributed by atoms with E-state index in [0.29, 0.717) is 0 Å². The number of halogens is 4. The first kappa shape index (κ1) is 17.5. The van der Waals surface area contributed by atoms with Gasteiger partial charge in [0, 0.05) is 19.2 Å². The molecule has 2 amide bonds. The van der Waals surface area contributed by atoms with Crippen LogP contribution in [0.4, 0.5) is 23.7 Å². The molecule has 0 spiro atoms. The average molecular weight is 327 g/mol. The van der Waals surface area contributed by atoms with Gasteiger partial charge in [0.15, 0.2) is 6.29 Å². The van der Waals surface area contributed by atoms with Gasteiger partial charge in [0.2, 0.25) is 0 Å². The van der Waals surface area contributed by atoms with Gasteiger partial charge >= 0.3 is 12.2 Å². The number of carbonyl (C=O) groups is 1. The lowest BCUT2D eigenvalue weighted by Crippen LogP contribution is -2.37. The van der Waals surface area contributed by atoms with E-state index in [1.807, 2.05) is 0 Å². The normalized spacial score (nSPS) is 11.6. The van der Waals surface area contributed by atoms with Crippen LogP contribution >= 0.6 is 11.6 Å². The molecule has 1 rings (SSSR count). The molecule has 1 aromatic rings. The minimum Gasteiger partial charge on any atom is -0.354 e. The summed E-state index contributed by atoms with van der Waals surface area (Å²) in [4.78, 5) is 11.6. The largest absolute Gasteiger partial charge is 0.418 e. The maximum Gasteiger partial charge on any atom is 0.418 e.